The molecule has 0 bridgehead atoms. The third-order valence-corrected chi connectivity index (χ3v) is 4.92. The van der Waals surface area contributed by atoms with E-state index in [1.54, 1.807) is 0 Å². The molecule has 3 rings (SSSR count). The summed E-state index contributed by atoms with van der Waals surface area (Å²) in [6, 6.07) is 9.10. The summed E-state index contributed by atoms with van der Waals surface area (Å²) in [6.45, 7) is 6.33. The lowest BCUT2D eigenvalue weighted by atomic mass is 9.91. The molecule has 22 heavy (non-hydrogen) atoms. The molecule has 0 saturated carbocycles. The molecule has 1 aromatic carbocycles. The number of nitrogens with zero attached hydrogens (tertiary/aromatic N) is 1. The molecule has 0 aromatic heterocycles. The summed E-state index contributed by atoms with van der Waals surface area (Å²) < 4.78 is 11.5. The fraction of sp³-hybridized carbons (Fsp3) is 0.667. The molecule has 4 nitrogen and oxygen atoms in total. The molecular weight excluding hydrogens is 278 g/mol. The van der Waals surface area contributed by atoms with Gasteiger partial charge in [0.25, 0.3) is 0 Å². The van der Waals surface area contributed by atoms with E-state index in [1.165, 1.54) is 11.1 Å². The molecule has 2 aliphatic heterocycles. The Labute approximate surface area is 133 Å². The molecular formula is C18H27NO3. The predicted molar refractivity (Wildman–Crippen MR) is 86.1 cm³/mol. The molecule has 2 saturated heterocycles. The molecule has 2 aliphatic rings. The minimum Gasteiger partial charge on any atom is -0.393 e. The van der Waals surface area contributed by atoms with Crippen molar-refractivity contribution < 1.29 is 14.6 Å². The number of ether oxygens (including phenoxy) is 2. The number of hydrogen-bond donors (Lipinski definition) is 1. The van der Waals surface area contributed by atoms with E-state index in [0.29, 0.717) is 12.6 Å². The first kappa shape index (κ1) is 15.9. The van der Waals surface area contributed by atoms with E-state index in [0.717, 1.165) is 45.6 Å². The zero-order chi connectivity index (χ0) is 15.4. The van der Waals surface area contributed by atoms with Crippen LogP contribution in [0.5, 0.6) is 0 Å². The van der Waals surface area contributed by atoms with E-state index < -0.39 is 5.60 Å². The van der Waals surface area contributed by atoms with Crippen LogP contribution in [-0.2, 0) is 15.9 Å². The molecule has 1 atom stereocenters. The van der Waals surface area contributed by atoms with Crippen molar-refractivity contribution in [2.24, 2.45) is 0 Å². The highest BCUT2D eigenvalue weighted by Crippen LogP contribution is 2.26. The third-order valence-electron chi connectivity index (χ3n) is 4.92. The third kappa shape index (κ3) is 3.69. The standard InChI is InChI=1S/C18H27NO3/c1-15-2-4-16(5-3-15)12-18(14-20)13-19(8-11-22-18)17-6-9-21-10-7-17/h2-5,17,20H,6-14H2,1H3. The molecule has 0 spiro atoms. The van der Waals surface area contributed by atoms with Crippen molar-refractivity contribution in [1.29, 1.82) is 0 Å². The molecule has 1 N–H and O–H groups in total. The van der Waals surface area contributed by atoms with E-state index in [9.17, 15) is 5.11 Å². The van der Waals surface area contributed by atoms with E-state index >= 15 is 0 Å². The first-order valence-electron chi connectivity index (χ1n) is 8.33. The molecule has 0 aliphatic carbocycles. The zero-order valence-electron chi connectivity index (χ0n) is 13.5. The van der Waals surface area contributed by atoms with Crippen molar-refractivity contribution in [3.05, 3.63) is 35.4 Å². The van der Waals surface area contributed by atoms with Crippen molar-refractivity contribution in [3.63, 3.8) is 0 Å². The normalized spacial score (nSPS) is 27.9. The molecule has 1 aromatic rings. The second-order valence-corrected chi connectivity index (χ2v) is 6.67. The minimum atomic E-state index is -0.466. The van der Waals surface area contributed by atoms with Gasteiger partial charge in [0.2, 0.25) is 0 Å². The SMILES string of the molecule is Cc1ccc(CC2(CO)CN(C3CCOCC3)CCO2)cc1. The minimum absolute atomic E-state index is 0.0700. The first-order valence-corrected chi connectivity index (χ1v) is 8.33. The van der Waals surface area contributed by atoms with Crippen LogP contribution in [0.25, 0.3) is 0 Å². The van der Waals surface area contributed by atoms with E-state index in [1.807, 2.05) is 0 Å². The first-order chi connectivity index (χ1) is 10.7. The smallest absolute Gasteiger partial charge is 0.108 e. The van der Waals surface area contributed by atoms with Crippen LogP contribution in [0.2, 0.25) is 0 Å². The average molecular weight is 305 g/mol. The largest absolute Gasteiger partial charge is 0.393 e. The number of aliphatic hydroxyl groups excluding tert-OH is 1. The van der Waals surface area contributed by atoms with Crippen molar-refractivity contribution >= 4 is 0 Å². The Bertz CT molecular complexity index is 470. The number of benzene rings is 1. The lowest BCUT2D eigenvalue weighted by Crippen LogP contribution is -2.58. The van der Waals surface area contributed by atoms with E-state index in [2.05, 4.69) is 36.1 Å². The van der Waals surface area contributed by atoms with Gasteiger partial charge in [-0.1, -0.05) is 29.8 Å². The number of aryl methyl sites for hydroxylation is 1. The lowest BCUT2D eigenvalue weighted by molar-refractivity contribution is -0.146. The highest BCUT2D eigenvalue weighted by molar-refractivity contribution is 5.23. The Kier molecular flexibility index (Phi) is 5.14. The van der Waals surface area contributed by atoms with Crippen LogP contribution in [0.3, 0.4) is 0 Å². The number of hydrogen-bond acceptors (Lipinski definition) is 4. The van der Waals surface area contributed by atoms with Gasteiger partial charge in [-0.25, -0.2) is 0 Å². The molecule has 4 heteroatoms. The van der Waals surface area contributed by atoms with Gasteiger partial charge < -0.3 is 14.6 Å². The van der Waals surface area contributed by atoms with Gasteiger partial charge in [-0.3, -0.25) is 4.90 Å². The van der Waals surface area contributed by atoms with Crippen molar-refractivity contribution in [3.8, 4) is 0 Å². The van der Waals surface area contributed by atoms with Gasteiger partial charge in [0.1, 0.15) is 5.60 Å². The van der Waals surface area contributed by atoms with Crippen LogP contribution >= 0.6 is 0 Å². The van der Waals surface area contributed by atoms with Crippen LogP contribution in [0, 0.1) is 6.92 Å². The number of aliphatic hydroxyl groups is 1. The van der Waals surface area contributed by atoms with E-state index in [4.69, 9.17) is 9.47 Å². The molecule has 2 fully saturated rings. The summed E-state index contributed by atoms with van der Waals surface area (Å²) in [6.07, 6.45) is 2.95. The van der Waals surface area contributed by atoms with Crippen molar-refractivity contribution in [1.82, 2.24) is 4.90 Å². The van der Waals surface area contributed by atoms with Crippen LogP contribution in [0.4, 0.5) is 0 Å². The molecule has 2 heterocycles. The average Bonchev–Trinajstić information content (AvgIpc) is 2.58. The lowest BCUT2D eigenvalue weighted by Gasteiger charge is -2.45. The summed E-state index contributed by atoms with van der Waals surface area (Å²) in [5, 5.41) is 10.00. The highest BCUT2D eigenvalue weighted by atomic mass is 16.5. The topological polar surface area (TPSA) is 41.9 Å². The Morgan fingerprint density at radius 3 is 2.59 bits per heavy atom. The van der Waals surface area contributed by atoms with Crippen LogP contribution < -0.4 is 0 Å². The number of morpholine rings is 1. The van der Waals surface area contributed by atoms with Gasteiger partial charge in [-0.2, -0.15) is 0 Å². The van der Waals surface area contributed by atoms with Crippen LogP contribution in [0.1, 0.15) is 24.0 Å². The fourth-order valence-corrected chi connectivity index (χ4v) is 3.57. The van der Waals surface area contributed by atoms with Crippen LogP contribution in [-0.4, -0.2) is 61.2 Å². The summed E-state index contributed by atoms with van der Waals surface area (Å²) in [5.74, 6) is 0. The molecule has 0 amide bonds. The number of rotatable bonds is 4. The second kappa shape index (κ2) is 7.09. The van der Waals surface area contributed by atoms with Gasteiger partial charge in [-0.15, -0.1) is 0 Å². The van der Waals surface area contributed by atoms with Gasteiger partial charge in [0, 0.05) is 38.8 Å². The summed E-state index contributed by atoms with van der Waals surface area (Å²) >= 11 is 0. The predicted octanol–water partition coefficient (Wildman–Crippen LogP) is 1.78. The Morgan fingerprint density at radius 2 is 1.91 bits per heavy atom. The van der Waals surface area contributed by atoms with Gasteiger partial charge >= 0.3 is 0 Å². The van der Waals surface area contributed by atoms with E-state index in [-0.39, 0.29) is 6.61 Å². The van der Waals surface area contributed by atoms with Gasteiger partial charge in [0.05, 0.1) is 13.2 Å². The van der Waals surface area contributed by atoms with Crippen LogP contribution in [0.15, 0.2) is 24.3 Å². The maximum Gasteiger partial charge on any atom is 0.108 e. The fourth-order valence-electron chi connectivity index (χ4n) is 3.57. The highest BCUT2D eigenvalue weighted by Gasteiger charge is 2.38. The Morgan fingerprint density at radius 1 is 1.18 bits per heavy atom. The molecule has 0 radical (unpaired) electrons. The van der Waals surface area contributed by atoms with Crippen molar-refractivity contribution in [2.45, 2.75) is 37.8 Å². The van der Waals surface area contributed by atoms with Crippen molar-refractivity contribution in [2.75, 3.05) is 39.5 Å². The molecule has 1 unspecified atom stereocenters. The second-order valence-electron chi connectivity index (χ2n) is 6.67. The maximum atomic E-state index is 10.00. The summed E-state index contributed by atoms with van der Waals surface area (Å²) in [5.41, 5.74) is 2.02. The Hall–Kier alpha value is -0.940. The summed E-state index contributed by atoms with van der Waals surface area (Å²) in [4.78, 5) is 2.50. The Balaban J connectivity index is 1.69. The van der Waals surface area contributed by atoms with Gasteiger partial charge in [0.15, 0.2) is 0 Å². The monoisotopic (exact) mass is 305 g/mol. The zero-order valence-corrected chi connectivity index (χ0v) is 13.5. The van der Waals surface area contributed by atoms with Gasteiger partial charge in [-0.05, 0) is 25.3 Å². The molecule has 122 valence electrons. The summed E-state index contributed by atoms with van der Waals surface area (Å²) in [7, 11) is 0. The quantitative estimate of drug-likeness (QED) is 0.921. The maximum absolute atomic E-state index is 10.00.